The second kappa shape index (κ2) is 10.8. The summed E-state index contributed by atoms with van der Waals surface area (Å²) in [7, 11) is 0. The quantitative estimate of drug-likeness (QED) is 0.714. The van der Waals surface area contributed by atoms with Crippen LogP contribution in [-0.4, -0.2) is 54.5 Å². The molecule has 1 fully saturated rings. The third kappa shape index (κ3) is 7.07. The van der Waals surface area contributed by atoms with Crippen LogP contribution in [0.2, 0.25) is 0 Å². The van der Waals surface area contributed by atoms with E-state index in [2.05, 4.69) is 5.32 Å². The molecule has 1 N–H and O–H groups in total. The van der Waals surface area contributed by atoms with Crippen molar-refractivity contribution >= 4 is 29.3 Å². The van der Waals surface area contributed by atoms with E-state index in [0.29, 0.717) is 37.7 Å². The van der Waals surface area contributed by atoms with Crippen molar-refractivity contribution in [1.82, 2.24) is 4.90 Å². The van der Waals surface area contributed by atoms with Gasteiger partial charge in [-0.2, -0.15) is 0 Å². The Morgan fingerprint density at radius 3 is 2.69 bits per heavy atom. The van der Waals surface area contributed by atoms with Gasteiger partial charge < -0.3 is 19.7 Å². The Morgan fingerprint density at radius 1 is 1.10 bits per heavy atom. The van der Waals surface area contributed by atoms with Gasteiger partial charge in [-0.25, -0.2) is 4.39 Å². The van der Waals surface area contributed by atoms with E-state index < -0.39 is 0 Å². The number of hydrogen-bond donors (Lipinski definition) is 1. The molecule has 0 saturated carbocycles. The summed E-state index contributed by atoms with van der Waals surface area (Å²) in [5.41, 5.74) is 1.33. The van der Waals surface area contributed by atoms with Crippen LogP contribution in [0.15, 0.2) is 48.5 Å². The number of rotatable bonds is 8. The molecule has 6 nitrogen and oxygen atoms in total. The van der Waals surface area contributed by atoms with E-state index in [1.165, 1.54) is 23.9 Å². The van der Waals surface area contributed by atoms with Crippen molar-refractivity contribution in [2.24, 2.45) is 0 Å². The average Bonchev–Trinajstić information content (AvgIpc) is 2.73. The molecule has 29 heavy (non-hydrogen) atoms. The van der Waals surface area contributed by atoms with Gasteiger partial charge >= 0.3 is 0 Å². The molecule has 2 aromatic carbocycles. The van der Waals surface area contributed by atoms with Crippen LogP contribution < -0.4 is 10.1 Å². The number of carbonyl (C=O) groups is 2. The molecule has 1 aliphatic heterocycles. The van der Waals surface area contributed by atoms with Crippen molar-refractivity contribution in [2.45, 2.75) is 6.61 Å². The Bertz CT molecular complexity index is 843. The van der Waals surface area contributed by atoms with Crippen molar-refractivity contribution in [3.05, 3.63) is 59.9 Å². The Labute approximate surface area is 173 Å². The molecule has 2 amide bonds. The second-order valence-electron chi connectivity index (χ2n) is 6.48. The maximum Gasteiger partial charge on any atom is 0.234 e. The molecule has 154 valence electrons. The number of halogens is 1. The van der Waals surface area contributed by atoms with Crippen molar-refractivity contribution in [2.75, 3.05) is 43.1 Å². The van der Waals surface area contributed by atoms with E-state index in [0.717, 1.165) is 5.56 Å². The van der Waals surface area contributed by atoms with Crippen molar-refractivity contribution in [1.29, 1.82) is 0 Å². The fraction of sp³-hybridized carbons (Fsp3) is 0.333. The summed E-state index contributed by atoms with van der Waals surface area (Å²) in [5, 5.41) is 2.80. The van der Waals surface area contributed by atoms with Crippen LogP contribution in [-0.2, 0) is 20.9 Å². The zero-order chi connectivity index (χ0) is 20.5. The van der Waals surface area contributed by atoms with E-state index in [1.54, 1.807) is 41.3 Å². The zero-order valence-electron chi connectivity index (χ0n) is 15.9. The number of anilines is 1. The van der Waals surface area contributed by atoms with Crippen LogP contribution in [0, 0.1) is 5.82 Å². The number of morpholine rings is 1. The van der Waals surface area contributed by atoms with Gasteiger partial charge in [-0.15, -0.1) is 11.8 Å². The van der Waals surface area contributed by atoms with Crippen LogP contribution in [0.25, 0.3) is 0 Å². The largest absolute Gasteiger partial charge is 0.489 e. The van der Waals surface area contributed by atoms with Gasteiger partial charge in [0.2, 0.25) is 11.8 Å². The third-order valence-corrected chi connectivity index (χ3v) is 5.15. The first-order valence-corrected chi connectivity index (χ1v) is 10.5. The van der Waals surface area contributed by atoms with E-state index >= 15 is 0 Å². The van der Waals surface area contributed by atoms with Crippen molar-refractivity contribution in [3.8, 4) is 5.75 Å². The van der Waals surface area contributed by atoms with E-state index in [1.807, 2.05) is 0 Å². The Kier molecular flexibility index (Phi) is 7.89. The second-order valence-corrected chi connectivity index (χ2v) is 7.47. The summed E-state index contributed by atoms with van der Waals surface area (Å²) in [6, 6.07) is 13.2. The molecule has 3 rings (SSSR count). The fourth-order valence-corrected chi connectivity index (χ4v) is 3.51. The zero-order valence-corrected chi connectivity index (χ0v) is 16.8. The van der Waals surface area contributed by atoms with Crippen molar-refractivity contribution in [3.63, 3.8) is 0 Å². The molecule has 8 heteroatoms. The average molecular weight is 418 g/mol. The first-order chi connectivity index (χ1) is 14.1. The first-order valence-electron chi connectivity index (χ1n) is 9.30. The van der Waals surface area contributed by atoms with Crippen LogP contribution in [0.1, 0.15) is 5.56 Å². The van der Waals surface area contributed by atoms with Crippen LogP contribution in [0.4, 0.5) is 10.1 Å². The van der Waals surface area contributed by atoms with Crippen LogP contribution in [0.5, 0.6) is 5.75 Å². The molecule has 0 unspecified atom stereocenters. The third-order valence-electron chi connectivity index (χ3n) is 4.23. The molecule has 0 aromatic heterocycles. The van der Waals surface area contributed by atoms with Gasteiger partial charge in [0.05, 0.1) is 24.7 Å². The summed E-state index contributed by atoms with van der Waals surface area (Å²) in [6.45, 7) is 2.57. The Balaban J connectivity index is 1.41. The lowest BCUT2D eigenvalue weighted by Gasteiger charge is -2.26. The molecule has 0 atom stereocenters. The number of nitrogens with zero attached hydrogens (tertiary/aromatic N) is 1. The summed E-state index contributed by atoms with van der Waals surface area (Å²) < 4.78 is 24.1. The van der Waals surface area contributed by atoms with Crippen molar-refractivity contribution < 1.29 is 23.5 Å². The fourth-order valence-electron chi connectivity index (χ4n) is 2.79. The molecule has 0 radical (unpaired) electrons. The molecule has 0 spiro atoms. The number of amides is 2. The highest BCUT2D eigenvalue weighted by Gasteiger charge is 2.17. The molecule has 1 saturated heterocycles. The predicted octanol–water partition coefficient (Wildman–Crippen LogP) is 2.94. The number of benzene rings is 2. The smallest absolute Gasteiger partial charge is 0.234 e. The molecule has 0 aliphatic carbocycles. The van der Waals surface area contributed by atoms with Gasteiger partial charge in [-0.3, -0.25) is 9.59 Å². The number of thioether (sulfide) groups is 1. The molecule has 0 bridgehead atoms. The Hall–Kier alpha value is -2.58. The lowest BCUT2D eigenvalue weighted by molar-refractivity contribution is -0.132. The number of nitrogens with one attached hydrogen (secondary N) is 1. The Morgan fingerprint density at radius 2 is 1.90 bits per heavy atom. The minimum Gasteiger partial charge on any atom is -0.489 e. The highest BCUT2D eigenvalue weighted by Crippen LogP contribution is 2.19. The maximum absolute atomic E-state index is 13.2. The normalized spacial score (nSPS) is 13.8. The standard InChI is InChI=1S/C21H23FN2O4S/c22-17-4-1-3-16(11-17)13-28-19-6-2-5-18(12-19)23-20(25)14-29-15-21(26)24-7-9-27-10-8-24/h1-6,11-12H,7-10,13-15H2,(H,23,25). The minimum atomic E-state index is -0.309. The maximum atomic E-state index is 13.2. The summed E-state index contributed by atoms with van der Waals surface area (Å²) in [6.07, 6.45) is 0. The highest BCUT2D eigenvalue weighted by atomic mass is 32.2. The van der Waals surface area contributed by atoms with Gasteiger partial charge in [-0.05, 0) is 29.8 Å². The molecule has 2 aromatic rings. The molecular formula is C21H23FN2O4S. The molecular weight excluding hydrogens is 395 g/mol. The monoisotopic (exact) mass is 418 g/mol. The SMILES string of the molecule is O=C(CSCC(=O)N1CCOCC1)Nc1cccc(OCc2cccc(F)c2)c1. The van der Waals surface area contributed by atoms with Gasteiger partial charge in [0, 0.05) is 24.8 Å². The minimum absolute atomic E-state index is 0.0267. The molecule has 1 aliphatic rings. The molecule has 1 heterocycles. The topological polar surface area (TPSA) is 67.9 Å². The van der Waals surface area contributed by atoms with Gasteiger partial charge in [0.1, 0.15) is 18.2 Å². The number of carbonyl (C=O) groups excluding carboxylic acids is 2. The lowest BCUT2D eigenvalue weighted by atomic mass is 10.2. The summed E-state index contributed by atoms with van der Waals surface area (Å²) in [4.78, 5) is 26.0. The number of hydrogen-bond acceptors (Lipinski definition) is 5. The van der Waals surface area contributed by atoms with Gasteiger partial charge in [0.15, 0.2) is 0 Å². The van der Waals surface area contributed by atoms with Crippen LogP contribution >= 0.6 is 11.8 Å². The summed E-state index contributed by atoms with van der Waals surface area (Å²) >= 11 is 1.28. The van der Waals surface area contributed by atoms with Gasteiger partial charge in [-0.1, -0.05) is 18.2 Å². The predicted molar refractivity (Wildman–Crippen MR) is 111 cm³/mol. The summed E-state index contributed by atoms with van der Waals surface area (Å²) in [5.74, 6) is 0.555. The van der Waals surface area contributed by atoms with Gasteiger partial charge in [0.25, 0.3) is 0 Å². The lowest BCUT2D eigenvalue weighted by Crippen LogP contribution is -2.41. The van der Waals surface area contributed by atoms with E-state index in [-0.39, 0.29) is 35.7 Å². The highest BCUT2D eigenvalue weighted by molar-refractivity contribution is 8.00. The van der Waals surface area contributed by atoms with E-state index in [4.69, 9.17) is 9.47 Å². The number of ether oxygens (including phenoxy) is 2. The first kappa shape index (κ1) is 21.1. The van der Waals surface area contributed by atoms with Crippen LogP contribution in [0.3, 0.4) is 0 Å². The van der Waals surface area contributed by atoms with E-state index in [9.17, 15) is 14.0 Å².